The normalized spacial score (nSPS) is 15.5. The summed E-state index contributed by atoms with van der Waals surface area (Å²) in [6.45, 7) is 6.73. The van der Waals surface area contributed by atoms with E-state index in [9.17, 15) is 22.8 Å². The first-order valence-electron chi connectivity index (χ1n) is 13.3. The zero-order chi connectivity index (χ0) is 29.3. The number of carbonyl (C=O) groups excluding carboxylic acids is 1. The highest BCUT2D eigenvalue weighted by Gasteiger charge is 2.37. The number of benzene rings is 3. The fourth-order valence-electron chi connectivity index (χ4n) is 5.42. The highest BCUT2D eigenvalue weighted by atomic mass is 32.2. The van der Waals surface area contributed by atoms with Gasteiger partial charge in [-0.25, -0.2) is 9.10 Å². The summed E-state index contributed by atoms with van der Waals surface area (Å²) < 4.78 is 50.1. The molecule has 41 heavy (non-hydrogen) atoms. The van der Waals surface area contributed by atoms with Crippen molar-refractivity contribution in [2.24, 2.45) is 0 Å². The Bertz CT molecular complexity index is 1690. The van der Waals surface area contributed by atoms with E-state index in [0.29, 0.717) is 28.3 Å². The van der Waals surface area contributed by atoms with Crippen LogP contribution in [0.2, 0.25) is 0 Å². The smallest absolute Gasteiger partial charge is 0.416 e. The fourth-order valence-corrected chi connectivity index (χ4v) is 6.79. The summed E-state index contributed by atoms with van der Waals surface area (Å²) in [7, 11) is 1.26. The highest BCUT2D eigenvalue weighted by Crippen LogP contribution is 2.44. The predicted octanol–water partition coefficient (Wildman–Crippen LogP) is 7.37. The molecule has 5 rings (SSSR count). The Hall–Kier alpha value is -3.82. The van der Waals surface area contributed by atoms with Crippen LogP contribution >= 0.6 is 11.9 Å². The third-order valence-corrected chi connectivity index (χ3v) is 8.45. The molecule has 0 saturated carbocycles. The number of nitrogens with zero attached hydrogens (tertiary/aromatic N) is 2. The number of hydrogen-bond donors (Lipinski definition) is 0. The van der Waals surface area contributed by atoms with E-state index in [4.69, 9.17) is 4.74 Å². The lowest BCUT2D eigenvalue weighted by Gasteiger charge is -2.36. The topological polar surface area (TPSA) is 51.5 Å². The van der Waals surface area contributed by atoms with E-state index >= 15 is 0 Å². The van der Waals surface area contributed by atoms with E-state index in [0.717, 1.165) is 34.9 Å². The Morgan fingerprint density at radius 2 is 1.85 bits per heavy atom. The van der Waals surface area contributed by atoms with Crippen LogP contribution in [0.25, 0.3) is 28.0 Å². The SMILES string of the molecule is C=Cc1c(Cc2cccc3ccccc23)c(-c2cccc(C(F)(F)F)c2)c2n(c1=O)C(C(=O)OC)CN(CCC)S2. The van der Waals surface area contributed by atoms with Crippen molar-refractivity contribution in [2.75, 3.05) is 20.2 Å². The molecule has 3 aromatic carbocycles. The second-order valence-electron chi connectivity index (χ2n) is 9.86. The number of methoxy groups -OCH3 is 1. The van der Waals surface area contributed by atoms with E-state index < -0.39 is 29.3 Å². The van der Waals surface area contributed by atoms with E-state index in [1.807, 2.05) is 53.7 Å². The number of ether oxygens (including phenoxy) is 1. The first-order valence-corrected chi connectivity index (χ1v) is 14.0. The van der Waals surface area contributed by atoms with E-state index in [1.165, 1.54) is 35.8 Å². The molecule has 1 unspecified atom stereocenters. The van der Waals surface area contributed by atoms with E-state index in [2.05, 4.69) is 6.58 Å². The maximum atomic E-state index is 14.1. The van der Waals surface area contributed by atoms with Crippen molar-refractivity contribution in [1.82, 2.24) is 8.87 Å². The summed E-state index contributed by atoms with van der Waals surface area (Å²) in [5.41, 5.74) is 1.26. The maximum absolute atomic E-state index is 14.1. The molecule has 0 bridgehead atoms. The van der Waals surface area contributed by atoms with Crippen LogP contribution in [0.4, 0.5) is 13.2 Å². The summed E-state index contributed by atoms with van der Waals surface area (Å²) in [4.78, 5) is 27.1. The Morgan fingerprint density at radius 1 is 1.12 bits per heavy atom. The van der Waals surface area contributed by atoms with Crippen molar-refractivity contribution in [3.8, 4) is 11.1 Å². The molecule has 0 radical (unpaired) electrons. The largest absolute Gasteiger partial charge is 0.467 e. The molecule has 1 aliphatic rings. The van der Waals surface area contributed by atoms with Gasteiger partial charge in [0.25, 0.3) is 5.56 Å². The lowest BCUT2D eigenvalue weighted by molar-refractivity contribution is -0.145. The number of fused-ring (bicyclic) bond motifs is 2. The van der Waals surface area contributed by atoms with Gasteiger partial charge in [-0.3, -0.25) is 9.36 Å². The van der Waals surface area contributed by atoms with Gasteiger partial charge in [-0.05, 0) is 64.4 Å². The van der Waals surface area contributed by atoms with Crippen molar-refractivity contribution in [2.45, 2.75) is 37.0 Å². The van der Waals surface area contributed by atoms with Gasteiger partial charge in [-0.2, -0.15) is 13.2 Å². The average Bonchev–Trinajstić information content (AvgIpc) is 2.96. The van der Waals surface area contributed by atoms with Crippen LogP contribution in [0.15, 0.2) is 83.1 Å². The molecule has 0 spiro atoms. The molecule has 1 aromatic heterocycles. The highest BCUT2D eigenvalue weighted by molar-refractivity contribution is 7.97. The molecular weight excluding hydrogens is 549 g/mol. The number of esters is 1. The molecule has 4 aromatic rings. The van der Waals surface area contributed by atoms with Crippen LogP contribution in [-0.4, -0.2) is 35.0 Å². The summed E-state index contributed by atoms with van der Waals surface area (Å²) in [5, 5.41) is 2.39. The Balaban J connectivity index is 1.87. The molecule has 0 amide bonds. The van der Waals surface area contributed by atoms with Crippen molar-refractivity contribution in [1.29, 1.82) is 0 Å². The number of rotatable bonds is 7. The third kappa shape index (κ3) is 5.44. The minimum atomic E-state index is -4.56. The Morgan fingerprint density at radius 3 is 2.56 bits per heavy atom. The third-order valence-electron chi connectivity index (χ3n) is 7.29. The average molecular weight is 579 g/mol. The zero-order valence-electron chi connectivity index (χ0n) is 22.7. The number of aromatic nitrogens is 1. The van der Waals surface area contributed by atoms with Gasteiger partial charge < -0.3 is 4.74 Å². The second-order valence-corrected chi connectivity index (χ2v) is 10.9. The molecule has 0 fully saturated rings. The Kier molecular flexibility index (Phi) is 8.11. The first-order chi connectivity index (χ1) is 19.7. The van der Waals surface area contributed by atoms with Gasteiger partial charge in [0, 0.05) is 24.2 Å². The van der Waals surface area contributed by atoms with Gasteiger partial charge in [0.05, 0.1) is 12.7 Å². The summed E-state index contributed by atoms with van der Waals surface area (Å²) in [6, 6.07) is 17.8. The van der Waals surface area contributed by atoms with Gasteiger partial charge in [-0.15, -0.1) is 0 Å². The molecule has 9 heteroatoms. The van der Waals surface area contributed by atoms with Crippen molar-refractivity contribution in [3.63, 3.8) is 0 Å². The van der Waals surface area contributed by atoms with Gasteiger partial charge in [0.1, 0.15) is 11.1 Å². The maximum Gasteiger partial charge on any atom is 0.416 e. The standard InChI is InChI=1S/C32H29F3N2O3S/c1-4-16-36-19-27(31(39)40-3)37-29(38)24(5-2)26(18-21-12-8-11-20-10-6-7-15-25(20)21)28(30(37)41-36)22-13-9-14-23(17-22)32(33,34)35/h5-15,17,27H,2,4,16,18-19H2,1,3H3. The van der Waals surface area contributed by atoms with Crippen LogP contribution in [0.3, 0.4) is 0 Å². The minimum absolute atomic E-state index is 0.222. The molecule has 5 nitrogen and oxygen atoms in total. The molecule has 2 heterocycles. The van der Waals surface area contributed by atoms with Crippen molar-refractivity contribution < 1.29 is 22.7 Å². The van der Waals surface area contributed by atoms with E-state index in [-0.39, 0.29) is 18.5 Å². The lowest BCUT2D eigenvalue weighted by atomic mass is 9.90. The van der Waals surface area contributed by atoms with Crippen LogP contribution in [0, 0.1) is 0 Å². The number of halogens is 3. The van der Waals surface area contributed by atoms with Crippen LogP contribution < -0.4 is 5.56 Å². The van der Waals surface area contributed by atoms with Crippen LogP contribution in [0.5, 0.6) is 0 Å². The molecule has 1 atom stereocenters. The summed E-state index contributed by atoms with van der Waals surface area (Å²) in [5.74, 6) is -0.596. The molecule has 0 N–H and O–H groups in total. The number of hydrogen-bond acceptors (Lipinski definition) is 5. The quantitative estimate of drug-likeness (QED) is 0.169. The molecule has 0 aliphatic carbocycles. The van der Waals surface area contributed by atoms with Gasteiger partial charge >= 0.3 is 12.1 Å². The fraction of sp³-hybridized carbons (Fsp3) is 0.250. The second kappa shape index (κ2) is 11.6. The van der Waals surface area contributed by atoms with Gasteiger partial charge in [0.15, 0.2) is 0 Å². The minimum Gasteiger partial charge on any atom is -0.467 e. The Labute approximate surface area is 240 Å². The van der Waals surface area contributed by atoms with E-state index in [1.54, 1.807) is 6.07 Å². The van der Waals surface area contributed by atoms with Crippen LogP contribution in [-0.2, 0) is 22.1 Å². The first kappa shape index (κ1) is 28.7. The summed E-state index contributed by atoms with van der Waals surface area (Å²) >= 11 is 1.28. The number of carbonyl (C=O) groups is 1. The van der Waals surface area contributed by atoms with Gasteiger partial charge in [-0.1, -0.05) is 74.2 Å². The van der Waals surface area contributed by atoms with Crippen LogP contribution in [0.1, 0.15) is 41.6 Å². The number of alkyl halides is 3. The van der Waals surface area contributed by atoms with Gasteiger partial charge in [0.2, 0.25) is 0 Å². The monoisotopic (exact) mass is 578 g/mol. The molecular formula is C32H29F3N2O3S. The van der Waals surface area contributed by atoms with Crippen molar-refractivity contribution >= 4 is 34.8 Å². The predicted molar refractivity (Wildman–Crippen MR) is 157 cm³/mol. The molecule has 212 valence electrons. The molecule has 0 saturated heterocycles. The zero-order valence-corrected chi connectivity index (χ0v) is 23.5. The molecule has 1 aliphatic heterocycles. The van der Waals surface area contributed by atoms with Crippen molar-refractivity contribution in [3.05, 3.63) is 106 Å². The summed E-state index contributed by atoms with van der Waals surface area (Å²) in [6.07, 6.45) is -2.08. The number of pyridine rings is 1. The lowest BCUT2D eigenvalue weighted by Crippen LogP contribution is -2.43.